The molecule has 1 unspecified atom stereocenters. The summed E-state index contributed by atoms with van der Waals surface area (Å²) in [5, 5.41) is 9.65. The Morgan fingerprint density at radius 3 is 2.65 bits per heavy atom. The molecule has 1 saturated heterocycles. The highest BCUT2D eigenvalue weighted by atomic mass is 16.3. The third kappa shape index (κ3) is 3.39. The van der Waals surface area contributed by atoms with Gasteiger partial charge in [-0.15, -0.1) is 0 Å². The number of amides is 2. The molecule has 1 fully saturated rings. The predicted octanol–water partition coefficient (Wildman–Crippen LogP) is 1.59. The zero-order valence-electron chi connectivity index (χ0n) is 13.6. The highest BCUT2D eigenvalue weighted by Gasteiger charge is 2.30. The third-order valence-electron chi connectivity index (χ3n) is 5.06. The molecule has 23 heavy (non-hydrogen) atoms. The molecule has 1 N–H and O–H groups in total. The molecule has 1 atom stereocenters. The van der Waals surface area contributed by atoms with Crippen molar-refractivity contribution in [2.45, 2.75) is 38.7 Å². The molecule has 5 heteroatoms. The Balaban J connectivity index is 1.65. The van der Waals surface area contributed by atoms with Crippen LogP contribution in [0.25, 0.3) is 0 Å². The number of hydrogen-bond donors (Lipinski definition) is 1. The number of carbonyl (C=O) groups excluding carboxylic acids is 2. The van der Waals surface area contributed by atoms with Gasteiger partial charge in [0.2, 0.25) is 11.8 Å². The van der Waals surface area contributed by atoms with Gasteiger partial charge in [-0.05, 0) is 43.7 Å². The highest BCUT2D eigenvalue weighted by Crippen LogP contribution is 2.28. The van der Waals surface area contributed by atoms with E-state index in [2.05, 4.69) is 0 Å². The molecule has 0 bridgehead atoms. The van der Waals surface area contributed by atoms with E-state index < -0.39 is 0 Å². The molecule has 2 amide bonds. The van der Waals surface area contributed by atoms with Crippen LogP contribution in [0.3, 0.4) is 0 Å². The largest absolute Gasteiger partial charge is 0.393 e. The number of aliphatic hydroxyl groups excluding tert-OH is 1. The second-order valence-electron chi connectivity index (χ2n) is 6.57. The summed E-state index contributed by atoms with van der Waals surface area (Å²) in [6, 6.07) is 7.81. The lowest BCUT2D eigenvalue weighted by Crippen LogP contribution is -2.47. The number of para-hydroxylation sites is 1. The van der Waals surface area contributed by atoms with Crippen molar-refractivity contribution in [2.24, 2.45) is 5.92 Å². The fourth-order valence-electron chi connectivity index (χ4n) is 3.54. The van der Waals surface area contributed by atoms with E-state index in [-0.39, 0.29) is 30.4 Å². The maximum absolute atomic E-state index is 12.6. The zero-order chi connectivity index (χ0) is 16.4. The zero-order valence-corrected chi connectivity index (χ0v) is 13.6. The molecule has 0 aliphatic carbocycles. The maximum Gasteiger partial charge on any atom is 0.242 e. The molecule has 0 spiro atoms. The average molecular weight is 316 g/mol. The first-order valence-corrected chi connectivity index (χ1v) is 8.40. The van der Waals surface area contributed by atoms with E-state index in [4.69, 9.17) is 0 Å². The van der Waals surface area contributed by atoms with Crippen LogP contribution in [-0.2, 0) is 16.0 Å². The number of anilines is 1. The molecular formula is C18H24N2O3. The fraction of sp³-hybridized carbons (Fsp3) is 0.556. The van der Waals surface area contributed by atoms with Gasteiger partial charge in [-0.2, -0.15) is 0 Å². The van der Waals surface area contributed by atoms with Crippen LogP contribution in [0.1, 0.15) is 31.7 Å². The number of fused-ring (bicyclic) bond motifs is 1. The number of aliphatic hydroxyl groups is 1. The van der Waals surface area contributed by atoms with Crippen LogP contribution in [0, 0.1) is 5.92 Å². The van der Waals surface area contributed by atoms with Gasteiger partial charge in [-0.25, -0.2) is 0 Å². The monoisotopic (exact) mass is 316 g/mol. The number of piperidine rings is 1. The Labute approximate surface area is 136 Å². The molecule has 1 aromatic rings. The first kappa shape index (κ1) is 16.0. The Morgan fingerprint density at radius 2 is 1.96 bits per heavy atom. The van der Waals surface area contributed by atoms with Gasteiger partial charge >= 0.3 is 0 Å². The van der Waals surface area contributed by atoms with Crippen LogP contribution in [-0.4, -0.2) is 47.6 Å². The van der Waals surface area contributed by atoms with Crippen molar-refractivity contribution in [3.05, 3.63) is 29.8 Å². The average Bonchev–Trinajstić information content (AvgIpc) is 2.57. The van der Waals surface area contributed by atoms with Crippen molar-refractivity contribution in [3.63, 3.8) is 0 Å². The second-order valence-corrected chi connectivity index (χ2v) is 6.57. The van der Waals surface area contributed by atoms with Gasteiger partial charge in [-0.1, -0.05) is 18.2 Å². The molecule has 0 aromatic heterocycles. The standard InChI is InChI=1S/C18H24N2O3/c1-13(21)14-8-10-19(11-9-14)18(23)12-20-16-5-3-2-4-15(16)6-7-17(20)22/h2-5,13-14,21H,6-12H2,1H3. The van der Waals surface area contributed by atoms with Crippen molar-refractivity contribution in [2.75, 3.05) is 24.5 Å². The van der Waals surface area contributed by atoms with Crippen molar-refractivity contribution in [1.82, 2.24) is 4.90 Å². The second kappa shape index (κ2) is 6.71. The van der Waals surface area contributed by atoms with E-state index in [0.717, 1.165) is 30.5 Å². The SMILES string of the molecule is CC(O)C1CCN(C(=O)CN2C(=O)CCc3ccccc32)CC1. The molecule has 124 valence electrons. The van der Waals surface area contributed by atoms with Gasteiger partial charge < -0.3 is 14.9 Å². The minimum atomic E-state index is -0.317. The predicted molar refractivity (Wildman–Crippen MR) is 88.1 cm³/mol. The molecule has 2 aliphatic heterocycles. The summed E-state index contributed by atoms with van der Waals surface area (Å²) >= 11 is 0. The number of likely N-dealkylation sites (tertiary alicyclic amines) is 1. The summed E-state index contributed by atoms with van der Waals surface area (Å²) in [5.41, 5.74) is 2.00. The van der Waals surface area contributed by atoms with Gasteiger partial charge in [-0.3, -0.25) is 9.59 Å². The molecule has 2 aliphatic rings. The first-order valence-electron chi connectivity index (χ1n) is 8.40. The number of nitrogens with zero attached hydrogens (tertiary/aromatic N) is 2. The highest BCUT2D eigenvalue weighted by molar-refractivity contribution is 6.01. The molecular weight excluding hydrogens is 292 g/mol. The molecule has 3 rings (SSSR count). The number of aryl methyl sites for hydroxylation is 1. The summed E-state index contributed by atoms with van der Waals surface area (Å²) in [7, 11) is 0. The summed E-state index contributed by atoms with van der Waals surface area (Å²) in [4.78, 5) is 28.3. The normalized spacial score (nSPS) is 20.3. The topological polar surface area (TPSA) is 60.9 Å². The van der Waals surface area contributed by atoms with Crippen LogP contribution >= 0.6 is 0 Å². The Hall–Kier alpha value is -1.88. The summed E-state index contributed by atoms with van der Waals surface area (Å²) < 4.78 is 0. The third-order valence-corrected chi connectivity index (χ3v) is 5.06. The van der Waals surface area contributed by atoms with E-state index in [0.29, 0.717) is 19.5 Å². The molecule has 5 nitrogen and oxygen atoms in total. The van der Waals surface area contributed by atoms with E-state index in [1.54, 1.807) is 4.90 Å². The summed E-state index contributed by atoms with van der Waals surface area (Å²) in [5.74, 6) is 0.298. The van der Waals surface area contributed by atoms with Gasteiger partial charge in [0, 0.05) is 25.2 Å². The molecule has 1 aromatic carbocycles. The van der Waals surface area contributed by atoms with Gasteiger partial charge in [0.25, 0.3) is 0 Å². The van der Waals surface area contributed by atoms with E-state index in [1.165, 1.54) is 0 Å². The van der Waals surface area contributed by atoms with Crippen molar-refractivity contribution >= 4 is 17.5 Å². The number of hydrogen-bond acceptors (Lipinski definition) is 3. The van der Waals surface area contributed by atoms with Crippen molar-refractivity contribution < 1.29 is 14.7 Å². The van der Waals surface area contributed by atoms with E-state index in [1.807, 2.05) is 36.1 Å². The van der Waals surface area contributed by atoms with Crippen LogP contribution < -0.4 is 4.90 Å². The van der Waals surface area contributed by atoms with Gasteiger partial charge in [0.1, 0.15) is 6.54 Å². The molecule has 2 heterocycles. The van der Waals surface area contributed by atoms with Crippen LogP contribution in [0.2, 0.25) is 0 Å². The van der Waals surface area contributed by atoms with Gasteiger partial charge in [0.15, 0.2) is 0 Å². The molecule has 0 radical (unpaired) electrons. The Morgan fingerprint density at radius 1 is 1.26 bits per heavy atom. The number of rotatable bonds is 3. The van der Waals surface area contributed by atoms with Gasteiger partial charge in [0.05, 0.1) is 6.10 Å². The van der Waals surface area contributed by atoms with Crippen molar-refractivity contribution in [1.29, 1.82) is 0 Å². The van der Waals surface area contributed by atoms with Crippen molar-refractivity contribution in [3.8, 4) is 0 Å². The van der Waals surface area contributed by atoms with E-state index >= 15 is 0 Å². The van der Waals surface area contributed by atoms with Crippen LogP contribution in [0.15, 0.2) is 24.3 Å². The van der Waals surface area contributed by atoms with Crippen LogP contribution in [0.5, 0.6) is 0 Å². The number of carbonyl (C=O) groups is 2. The Kier molecular flexibility index (Phi) is 4.66. The lowest BCUT2D eigenvalue weighted by molar-refractivity contribution is -0.133. The fourth-order valence-corrected chi connectivity index (χ4v) is 3.54. The quantitative estimate of drug-likeness (QED) is 0.921. The molecule has 0 saturated carbocycles. The number of benzene rings is 1. The minimum absolute atomic E-state index is 0.000837. The Bertz CT molecular complexity index is 592. The summed E-state index contributed by atoms with van der Waals surface area (Å²) in [6.45, 7) is 3.26. The maximum atomic E-state index is 12.6. The van der Waals surface area contributed by atoms with E-state index in [9.17, 15) is 14.7 Å². The summed E-state index contributed by atoms with van der Waals surface area (Å²) in [6.07, 6.45) is 2.55. The van der Waals surface area contributed by atoms with Crippen LogP contribution in [0.4, 0.5) is 5.69 Å². The lowest BCUT2D eigenvalue weighted by Gasteiger charge is -2.35. The first-order chi connectivity index (χ1) is 11.1. The smallest absolute Gasteiger partial charge is 0.242 e. The minimum Gasteiger partial charge on any atom is -0.393 e. The lowest BCUT2D eigenvalue weighted by atomic mass is 9.92.